The number of amides is 1. The maximum absolute atomic E-state index is 13.3. The number of ether oxygens (including phenoxy) is 2. The van der Waals surface area contributed by atoms with Gasteiger partial charge in [0.25, 0.3) is 5.91 Å². The van der Waals surface area contributed by atoms with Crippen LogP contribution in [0.1, 0.15) is 24.2 Å². The largest absolute Gasteiger partial charge is 0.392 e. The zero-order chi connectivity index (χ0) is 22.2. The third-order valence-corrected chi connectivity index (χ3v) is 6.03. The molecule has 7 nitrogen and oxygen atoms in total. The van der Waals surface area contributed by atoms with Crippen LogP contribution in [0.15, 0.2) is 24.3 Å². The highest BCUT2D eigenvalue weighted by molar-refractivity contribution is 5.94. The van der Waals surface area contributed by atoms with E-state index >= 15 is 0 Å². The molecular weight excluding hydrogens is 401 g/mol. The SMILES string of the molecule is CC(C)[C@@H](O)CN1CCO[C@@H](CN(CCN2CCOCC2)C(=O)c2ccc(F)cc2)C1. The van der Waals surface area contributed by atoms with Gasteiger partial charge < -0.3 is 19.5 Å². The van der Waals surface area contributed by atoms with Gasteiger partial charge in [-0.05, 0) is 30.2 Å². The van der Waals surface area contributed by atoms with Crippen LogP contribution in [0.5, 0.6) is 0 Å². The maximum atomic E-state index is 13.3. The Morgan fingerprint density at radius 2 is 1.84 bits per heavy atom. The highest BCUT2D eigenvalue weighted by Gasteiger charge is 2.27. The molecule has 2 saturated heterocycles. The summed E-state index contributed by atoms with van der Waals surface area (Å²) in [4.78, 5) is 19.5. The summed E-state index contributed by atoms with van der Waals surface area (Å²) >= 11 is 0. The number of carbonyl (C=O) groups excluding carboxylic acids is 1. The molecule has 1 aromatic carbocycles. The van der Waals surface area contributed by atoms with Crippen molar-refractivity contribution < 1.29 is 23.8 Å². The number of aliphatic hydroxyl groups excluding tert-OH is 1. The van der Waals surface area contributed by atoms with Gasteiger partial charge in [0, 0.05) is 57.9 Å². The quantitative estimate of drug-likeness (QED) is 0.629. The normalized spacial score (nSPS) is 21.9. The van der Waals surface area contributed by atoms with Crippen LogP contribution in [0.2, 0.25) is 0 Å². The van der Waals surface area contributed by atoms with Crippen molar-refractivity contribution in [1.82, 2.24) is 14.7 Å². The van der Waals surface area contributed by atoms with Crippen LogP contribution in [0.4, 0.5) is 4.39 Å². The summed E-state index contributed by atoms with van der Waals surface area (Å²) in [5.74, 6) is -0.269. The predicted molar refractivity (Wildman–Crippen MR) is 117 cm³/mol. The molecule has 2 atom stereocenters. The second kappa shape index (κ2) is 11.9. The first-order valence-electron chi connectivity index (χ1n) is 11.3. The molecule has 0 unspecified atom stereocenters. The number of morpholine rings is 2. The van der Waals surface area contributed by atoms with Crippen molar-refractivity contribution in [3.05, 3.63) is 35.6 Å². The molecule has 0 radical (unpaired) electrons. The van der Waals surface area contributed by atoms with E-state index < -0.39 is 0 Å². The number of β-amino-alcohol motifs (C(OH)–C–C–N with tert-alkyl or cyclic N) is 1. The number of carbonyl (C=O) groups is 1. The van der Waals surface area contributed by atoms with Gasteiger partial charge in [0.2, 0.25) is 0 Å². The van der Waals surface area contributed by atoms with Crippen molar-refractivity contribution in [3.8, 4) is 0 Å². The number of rotatable bonds is 9. The van der Waals surface area contributed by atoms with Gasteiger partial charge in [0.1, 0.15) is 5.82 Å². The van der Waals surface area contributed by atoms with E-state index in [9.17, 15) is 14.3 Å². The molecule has 174 valence electrons. The van der Waals surface area contributed by atoms with Crippen LogP contribution >= 0.6 is 0 Å². The van der Waals surface area contributed by atoms with Gasteiger partial charge in [-0.3, -0.25) is 14.6 Å². The Labute approximate surface area is 184 Å². The lowest BCUT2D eigenvalue weighted by Gasteiger charge is -2.37. The monoisotopic (exact) mass is 437 g/mol. The van der Waals surface area contributed by atoms with Crippen molar-refractivity contribution in [2.24, 2.45) is 5.92 Å². The molecule has 31 heavy (non-hydrogen) atoms. The number of aliphatic hydroxyl groups is 1. The number of halogens is 1. The third kappa shape index (κ3) is 7.50. The minimum Gasteiger partial charge on any atom is -0.392 e. The van der Waals surface area contributed by atoms with Gasteiger partial charge in [-0.1, -0.05) is 13.8 Å². The number of hydrogen-bond acceptors (Lipinski definition) is 6. The Bertz CT molecular complexity index is 682. The molecular formula is C23H36FN3O4. The molecule has 0 aromatic heterocycles. The fourth-order valence-electron chi connectivity index (χ4n) is 3.92. The van der Waals surface area contributed by atoms with Gasteiger partial charge in [-0.2, -0.15) is 0 Å². The molecule has 2 fully saturated rings. The zero-order valence-corrected chi connectivity index (χ0v) is 18.7. The molecule has 8 heteroatoms. The summed E-state index contributed by atoms with van der Waals surface area (Å²) in [5.41, 5.74) is 0.478. The van der Waals surface area contributed by atoms with Crippen molar-refractivity contribution in [2.45, 2.75) is 26.1 Å². The van der Waals surface area contributed by atoms with Crippen LogP contribution in [-0.2, 0) is 9.47 Å². The van der Waals surface area contributed by atoms with Crippen molar-refractivity contribution in [1.29, 1.82) is 0 Å². The number of hydrogen-bond donors (Lipinski definition) is 1. The molecule has 0 aliphatic carbocycles. The maximum Gasteiger partial charge on any atom is 0.253 e. The summed E-state index contributed by atoms with van der Waals surface area (Å²) in [6.07, 6.45) is -0.501. The van der Waals surface area contributed by atoms with Crippen LogP contribution in [0.3, 0.4) is 0 Å². The number of benzene rings is 1. The summed E-state index contributed by atoms with van der Waals surface area (Å²) < 4.78 is 24.7. The van der Waals surface area contributed by atoms with Gasteiger partial charge in [0.15, 0.2) is 0 Å². The summed E-state index contributed by atoms with van der Waals surface area (Å²) in [7, 11) is 0. The lowest BCUT2D eigenvalue weighted by molar-refractivity contribution is -0.0550. The molecule has 3 rings (SSSR count). The number of nitrogens with zero attached hydrogens (tertiary/aromatic N) is 3. The summed E-state index contributed by atoms with van der Waals surface area (Å²) in [5, 5.41) is 10.2. The van der Waals surface area contributed by atoms with E-state index in [0.717, 1.165) is 26.2 Å². The fraction of sp³-hybridized carbons (Fsp3) is 0.696. The molecule has 2 aliphatic heterocycles. The molecule has 2 heterocycles. The van der Waals surface area contributed by atoms with Crippen molar-refractivity contribution in [3.63, 3.8) is 0 Å². The highest BCUT2D eigenvalue weighted by Crippen LogP contribution is 2.14. The van der Waals surface area contributed by atoms with Crippen LogP contribution in [0.25, 0.3) is 0 Å². The molecule has 1 amide bonds. The lowest BCUT2D eigenvalue weighted by Crippen LogP contribution is -2.52. The first-order valence-corrected chi connectivity index (χ1v) is 11.3. The Kier molecular flexibility index (Phi) is 9.22. The molecule has 0 spiro atoms. The van der Waals surface area contributed by atoms with E-state index in [4.69, 9.17) is 9.47 Å². The first-order chi connectivity index (χ1) is 14.9. The predicted octanol–water partition coefficient (Wildman–Crippen LogP) is 1.32. The summed E-state index contributed by atoms with van der Waals surface area (Å²) in [6, 6.07) is 5.71. The average Bonchev–Trinajstić information content (AvgIpc) is 2.77. The Hall–Kier alpha value is -1.58. The molecule has 0 saturated carbocycles. The first kappa shape index (κ1) is 24.1. The molecule has 1 aromatic rings. The van der Waals surface area contributed by atoms with Crippen LogP contribution in [-0.4, -0.2) is 110 Å². The molecule has 2 aliphatic rings. The molecule has 0 bridgehead atoms. The Morgan fingerprint density at radius 1 is 1.16 bits per heavy atom. The average molecular weight is 438 g/mol. The minimum atomic E-state index is -0.378. The Balaban J connectivity index is 1.63. The van der Waals surface area contributed by atoms with Crippen molar-refractivity contribution in [2.75, 3.05) is 72.2 Å². The van der Waals surface area contributed by atoms with Crippen molar-refractivity contribution >= 4 is 5.91 Å². The van der Waals surface area contributed by atoms with E-state index in [1.54, 1.807) is 0 Å². The molecule has 1 N–H and O–H groups in total. The van der Waals surface area contributed by atoms with E-state index in [-0.39, 0.29) is 29.9 Å². The second-order valence-corrected chi connectivity index (χ2v) is 8.78. The van der Waals surface area contributed by atoms with Gasteiger partial charge in [0.05, 0.1) is 32.0 Å². The third-order valence-electron chi connectivity index (χ3n) is 6.03. The standard InChI is InChI=1S/C23H36FN3O4/c1-18(2)22(28)17-26-11-14-31-21(15-26)16-27(8-7-25-9-12-30-13-10-25)23(29)19-3-5-20(24)6-4-19/h3-6,18,21-22,28H,7-17H2,1-2H3/t21-,22+/m1/s1. The van der Waals surface area contributed by atoms with E-state index in [2.05, 4.69) is 9.80 Å². The second-order valence-electron chi connectivity index (χ2n) is 8.78. The van der Waals surface area contributed by atoms with Crippen LogP contribution in [0, 0.1) is 11.7 Å². The van der Waals surface area contributed by atoms with E-state index in [1.165, 1.54) is 24.3 Å². The van der Waals surface area contributed by atoms with E-state index in [0.29, 0.717) is 51.6 Å². The van der Waals surface area contributed by atoms with E-state index in [1.807, 2.05) is 18.7 Å². The summed E-state index contributed by atoms with van der Waals surface area (Å²) in [6.45, 7) is 11.6. The minimum absolute atomic E-state index is 0.115. The Morgan fingerprint density at radius 3 is 2.52 bits per heavy atom. The zero-order valence-electron chi connectivity index (χ0n) is 18.7. The van der Waals surface area contributed by atoms with Gasteiger partial charge in [-0.25, -0.2) is 4.39 Å². The smallest absolute Gasteiger partial charge is 0.253 e. The van der Waals surface area contributed by atoms with Gasteiger partial charge in [-0.15, -0.1) is 0 Å². The lowest BCUT2D eigenvalue weighted by atomic mass is 10.1. The topological polar surface area (TPSA) is 65.5 Å². The fourth-order valence-corrected chi connectivity index (χ4v) is 3.92. The highest BCUT2D eigenvalue weighted by atomic mass is 19.1. The van der Waals surface area contributed by atoms with Gasteiger partial charge >= 0.3 is 0 Å². The van der Waals surface area contributed by atoms with Crippen LogP contribution < -0.4 is 0 Å².